The second-order valence-electron chi connectivity index (χ2n) is 10.6. The molecule has 0 amide bonds. The van der Waals surface area contributed by atoms with Gasteiger partial charge in [0.1, 0.15) is 5.65 Å². The van der Waals surface area contributed by atoms with E-state index in [4.69, 9.17) is 4.98 Å². The van der Waals surface area contributed by atoms with E-state index in [1.54, 1.807) is 0 Å². The van der Waals surface area contributed by atoms with E-state index in [-0.39, 0.29) is 10.8 Å². The molecule has 0 unspecified atom stereocenters. The highest BCUT2D eigenvalue weighted by atomic mass is 15.0. The molecule has 0 N–H and O–H groups in total. The van der Waals surface area contributed by atoms with Gasteiger partial charge in [0.05, 0.1) is 11.0 Å². The maximum Gasteiger partial charge on any atom is 0.146 e. The van der Waals surface area contributed by atoms with Crippen LogP contribution >= 0.6 is 0 Å². The molecule has 0 aliphatic carbocycles. The first-order valence-corrected chi connectivity index (χ1v) is 11.1. The molecule has 0 atom stereocenters. The van der Waals surface area contributed by atoms with Crippen molar-refractivity contribution in [3.63, 3.8) is 0 Å². The highest BCUT2D eigenvalue weighted by molar-refractivity contribution is 6.07. The molecule has 2 heteroatoms. The quantitative estimate of drug-likeness (QED) is 0.276. The molecule has 31 heavy (non-hydrogen) atoms. The number of aromatic nitrogens is 2. The third kappa shape index (κ3) is 3.13. The topological polar surface area (TPSA) is 17.3 Å². The summed E-state index contributed by atoms with van der Waals surface area (Å²) in [4.78, 5) is 5.14. The minimum atomic E-state index is -0.0706. The fourth-order valence-corrected chi connectivity index (χ4v) is 4.69. The SMILES string of the molecule is CC(C)(C)c1ccc2nc3c4ccccc4c(-c4ccccc4)c(C(C)(C)C)n3c2c1. The van der Waals surface area contributed by atoms with E-state index >= 15 is 0 Å². The first-order valence-electron chi connectivity index (χ1n) is 11.1. The Morgan fingerprint density at radius 2 is 1.32 bits per heavy atom. The van der Waals surface area contributed by atoms with Gasteiger partial charge in [0, 0.05) is 22.1 Å². The van der Waals surface area contributed by atoms with E-state index in [0.717, 1.165) is 11.2 Å². The lowest BCUT2D eigenvalue weighted by Gasteiger charge is -2.27. The lowest BCUT2D eigenvalue weighted by Crippen LogP contribution is -2.19. The number of benzene rings is 3. The van der Waals surface area contributed by atoms with Crippen LogP contribution in [-0.2, 0) is 10.8 Å². The van der Waals surface area contributed by atoms with Crippen molar-refractivity contribution in [1.29, 1.82) is 0 Å². The van der Waals surface area contributed by atoms with Crippen LogP contribution in [0.5, 0.6) is 0 Å². The van der Waals surface area contributed by atoms with Crippen LogP contribution in [0.2, 0.25) is 0 Å². The van der Waals surface area contributed by atoms with Crippen LogP contribution in [0, 0.1) is 0 Å². The molecule has 2 aromatic heterocycles. The smallest absolute Gasteiger partial charge is 0.146 e. The van der Waals surface area contributed by atoms with E-state index < -0.39 is 0 Å². The van der Waals surface area contributed by atoms with E-state index in [9.17, 15) is 0 Å². The summed E-state index contributed by atoms with van der Waals surface area (Å²) in [5.41, 5.74) is 8.48. The van der Waals surface area contributed by atoms with Crippen molar-refractivity contribution in [3.05, 3.63) is 84.1 Å². The molecule has 5 aromatic rings. The number of fused-ring (bicyclic) bond motifs is 5. The molecule has 2 heterocycles. The Kier molecular flexibility index (Phi) is 4.27. The van der Waals surface area contributed by atoms with Crippen molar-refractivity contribution in [3.8, 4) is 11.1 Å². The molecule has 156 valence electrons. The maximum absolute atomic E-state index is 5.14. The number of pyridine rings is 1. The first-order chi connectivity index (χ1) is 14.7. The van der Waals surface area contributed by atoms with Crippen LogP contribution in [0.15, 0.2) is 72.8 Å². The molecule has 2 nitrogen and oxygen atoms in total. The van der Waals surface area contributed by atoms with Crippen LogP contribution in [0.3, 0.4) is 0 Å². The van der Waals surface area contributed by atoms with Crippen molar-refractivity contribution >= 4 is 27.5 Å². The second-order valence-corrected chi connectivity index (χ2v) is 10.6. The lowest BCUT2D eigenvalue weighted by atomic mass is 9.83. The molecular weight excluding hydrogens is 376 g/mol. The first kappa shape index (κ1) is 19.8. The molecule has 0 saturated carbocycles. The zero-order valence-corrected chi connectivity index (χ0v) is 19.3. The normalized spacial score (nSPS) is 12.8. The fourth-order valence-electron chi connectivity index (χ4n) is 4.69. The summed E-state index contributed by atoms with van der Waals surface area (Å²) in [6.45, 7) is 13.7. The van der Waals surface area contributed by atoms with Crippen molar-refractivity contribution < 1.29 is 0 Å². The van der Waals surface area contributed by atoms with Gasteiger partial charge in [-0.2, -0.15) is 0 Å². The Balaban J connectivity index is 2.08. The van der Waals surface area contributed by atoms with Crippen LogP contribution in [0.25, 0.3) is 38.6 Å². The van der Waals surface area contributed by atoms with Gasteiger partial charge in [0.2, 0.25) is 0 Å². The zero-order valence-electron chi connectivity index (χ0n) is 19.3. The maximum atomic E-state index is 5.14. The summed E-state index contributed by atoms with van der Waals surface area (Å²) < 4.78 is 2.43. The molecule has 0 radical (unpaired) electrons. The third-order valence-electron chi connectivity index (χ3n) is 6.19. The Morgan fingerprint density at radius 1 is 0.677 bits per heavy atom. The lowest BCUT2D eigenvalue weighted by molar-refractivity contribution is 0.566. The zero-order chi connectivity index (χ0) is 22.0. The van der Waals surface area contributed by atoms with Crippen molar-refractivity contribution in [2.45, 2.75) is 52.4 Å². The predicted molar refractivity (Wildman–Crippen MR) is 133 cm³/mol. The van der Waals surface area contributed by atoms with Gasteiger partial charge >= 0.3 is 0 Å². The largest absolute Gasteiger partial charge is 0.295 e. The summed E-state index contributed by atoms with van der Waals surface area (Å²) in [7, 11) is 0. The third-order valence-corrected chi connectivity index (χ3v) is 6.19. The average molecular weight is 407 g/mol. The Morgan fingerprint density at radius 3 is 1.97 bits per heavy atom. The van der Waals surface area contributed by atoms with Gasteiger partial charge in [-0.3, -0.25) is 4.40 Å². The van der Waals surface area contributed by atoms with Gasteiger partial charge < -0.3 is 0 Å². The van der Waals surface area contributed by atoms with E-state index in [2.05, 4.69) is 119 Å². The summed E-state index contributed by atoms with van der Waals surface area (Å²) in [6.07, 6.45) is 0. The fraction of sp³-hybridized carbons (Fsp3) is 0.276. The minimum Gasteiger partial charge on any atom is -0.295 e. The molecule has 0 fully saturated rings. The standard InChI is InChI=1S/C29H30N2/c1-28(2,3)20-16-17-23-24(18-20)31-26(29(4,5)6)25(19-12-8-7-9-13-19)21-14-10-11-15-22(21)27(31)30-23/h7-18H,1-6H3. The summed E-state index contributed by atoms with van der Waals surface area (Å²) in [5, 5.41) is 2.46. The van der Waals surface area contributed by atoms with Gasteiger partial charge in [0.15, 0.2) is 0 Å². The summed E-state index contributed by atoms with van der Waals surface area (Å²) in [5.74, 6) is 0. The molecule has 0 aliphatic heterocycles. The molecule has 0 spiro atoms. The molecule has 0 bridgehead atoms. The van der Waals surface area contributed by atoms with Crippen LogP contribution in [0.4, 0.5) is 0 Å². The monoisotopic (exact) mass is 406 g/mol. The summed E-state index contributed by atoms with van der Waals surface area (Å²) >= 11 is 0. The highest BCUT2D eigenvalue weighted by Crippen LogP contribution is 2.42. The molecule has 0 saturated heterocycles. The number of nitrogens with zero attached hydrogens (tertiary/aromatic N) is 2. The molecule has 0 aliphatic rings. The van der Waals surface area contributed by atoms with Crippen molar-refractivity contribution in [2.24, 2.45) is 0 Å². The van der Waals surface area contributed by atoms with Gasteiger partial charge in [-0.05, 0) is 34.1 Å². The van der Waals surface area contributed by atoms with Crippen molar-refractivity contribution in [2.75, 3.05) is 0 Å². The molecule has 5 rings (SSSR count). The summed E-state index contributed by atoms with van der Waals surface area (Å²) in [6, 6.07) is 26.3. The van der Waals surface area contributed by atoms with Crippen molar-refractivity contribution in [1.82, 2.24) is 9.38 Å². The van der Waals surface area contributed by atoms with Gasteiger partial charge in [0.25, 0.3) is 0 Å². The highest BCUT2D eigenvalue weighted by Gasteiger charge is 2.27. The van der Waals surface area contributed by atoms with Gasteiger partial charge in [-0.1, -0.05) is 102 Å². The number of imidazole rings is 1. The number of hydrogen-bond donors (Lipinski definition) is 0. The van der Waals surface area contributed by atoms with E-state index in [1.165, 1.54) is 38.7 Å². The van der Waals surface area contributed by atoms with Crippen LogP contribution in [-0.4, -0.2) is 9.38 Å². The van der Waals surface area contributed by atoms with Crippen LogP contribution in [0.1, 0.15) is 52.8 Å². The van der Waals surface area contributed by atoms with Gasteiger partial charge in [-0.25, -0.2) is 4.98 Å². The van der Waals surface area contributed by atoms with E-state index in [1.807, 2.05) is 0 Å². The second kappa shape index (κ2) is 6.68. The predicted octanol–water partition coefficient (Wildman–Crippen LogP) is 7.90. The Hall–Kier alpha value is -3.13. The minimum absolute atomic E-state index is 0.0706. The number of hydrogen-bond acceptors (Lipinski definition) is 1. The Bertz CT molecular complexity index is 1430. The average Bonchev–Trinajstić information content (AvgIpc) is 3.10. The van der Waals surface area contributed by atoms with E-state index in [0.29, 0.717) is 0 Å². The van der Waals surface area contributed by atoms with Gasteiger partial charge in [-0.15, -0.1) is 0 Å². The molecular formula is C29H30N2. The van der Waals surface area contributed by atoms with Crippen LogP contribution < -0.4 is 0 Å². The Labute approximate surface area is 184 Å². The number of rotatable bonds is 1. The molecule has 3 aromatic carbocycles.